The number of carbonyl (C=O) groups excluding carboxylic acids is 1. The molecule has 0 amide bonds. The van der Waals surface area contributed by atoms with Gasteiger partial charge in [0.2, 0.25) is 0 Å². The first-order valence-corrected chi connectivity index (χ1v) is 6.65. The van der Waals surface area contributed by atoms with Crippen molar-refractivity contribution < 1.29 is 4.79 Å². The van der Waals surface area contributed by atoms with Crippen LogP contribution in [0.2, 0.25) is 0 Å². The standard InChI is InChI=1S/C16H19NO/c18-14-16-10-3-2-8-15(16)9-4-7-13-17-11-5-1-6-12-17/h2-3,8,10,14H,1,5-7,11-13H2. The van der Waals surface area contributed by atoms with Gasteiger partial charge >= 0.3 is 0 Å². The maximum atomic E-state index is 10.8. The molecule has 0 spiro atoms. The Labute approximate surface area is 109 Å². The van der Waals surface area contributed by atoms with Crippen molar-refractivity contribution in [3.63, 3.8) is 0 Å². The molecule has 0 N–H and O–H groups in total. The minimum atomic E-state index is 0.683. The fraction of sp³-hybridized carbons (Fsp3) is 0.438. The minimum absolute atomic E-state index is 0.683. The molecule has 2 nitrogen and oxygen atoms in total. The third-order valence-electron chi connectivity index (χ3n) is 3.31. The first-order valence-electron chi connectivity index (χ1n) is 6.65. The van der Waals surface area contributed by atoms with Gasteiger partial charge in [0.15, 0.2) is 6.29 Å². The molecule has 18 heavy (non-hydrogen) atoms. The molecular formula is C16H19NO. The van der Waals surface area contributed by atoms with Gasteiger partial charge in [-0.3, -0.25) is 4.79 Å². The number of carbonyl (C=O) groups is 1. The number of likely N-dealkylation sites (tertiary alicyclic amines) is 1. The van der Waals surface area contributed by atoms with Crippen LogP contribution in [-0.4, -0.2) is 30.8 Å². The first kappa shape index (κ1) is 12.9. The third-order valence-corrected chi connectivity index (χ3v) is 3.31. The number of hydrogen-bond acceptors (Lipinski definition) is 2. The van der Waals surface area contributed by atoms with Crippen LogP contribution in [0.25, 0.3) is 0 Å². The molecule has 0 aromatic heterocycles. The molecule has 0 saturated carbocycles. The smallest absolute Gasteiger partial charge is 0.151 e. The lowest BCUT2D eigenvalue weighted by Crippen LogP contribution is -2.30. The Morgan fingerprint density at radius 2 is 1.94 bits per heavy atom. The summed E-state index contributed by atoms with van der Waals surface area (Å²) < 4.78 is 0. The third kappa shape index (κ3) is 3.72. The van der Waals surface area contributed by atoms with Gasteiger partial charge in [-0.15, -0.1) is 0 Å². The zero-order valence-electron chi connectivity index (χ0n) is 10.7. The monoisotopic (exact) mass is 241 g/mol. The molecule has 0 aliphatic carbocycles. The lowest BCUT2D eigenvalue weighted by atomic mass is 10.1. The highest BCUT2D eigenvalue weighted by Gasteiger charge is 2.07. The van der Waals surface area contributed by atoms with Crippen molar-refractivity contribution in [3.8, 4) is 11.8 Å². The number of aldehydes is 1. The number of benzene rings is 1. The van der Waals surface area contributed by atoms with Crippen LogP contribution in [-0.2, 0) is 0 Å². The van der Waals surface area contributed by atoms with Gasteiger partial charge in [0.05, 0.1) is 0 Å². The summed E-state index contributed by atoms with van der Waals surface area (Å²) in [5.74, 6) is 6.27. The van der Waals surface area contributed by atoms with Crippen LogP contribution in [0, 0.1) is 11.8 Å². The van der Waals surface area contributed by atoms with Gasteiger partial charge in [-0.05, 0) is 32.0 Å². The van der Waals surface area contributed by atoms with Crippen LogP contribution in [0.3, 0.4) is 0 Å². The number of nitrogens with zero attached hydrogens (tertiary/aromatic N) is 1. The van der Waals surface area contributed by atoms with Crippen LogP contribution >= 0.6 is 0 Å². The lowest BCUT2D eigenvalue weighted by Gasteiger charge is -2.25. The largest absolute Gasteiger partial charge is 0.302 e. The lowest BCUT2D eigenvalue weighted by molar-refractivity contribution is 0.112. The van der Waals surface area contributed by atoms with Crippen molar-refractivity contribution in [3.05, 3.63) is 35.4 Å². The predicted molar refractivity (Wildman–Crippen MR) is 73.6 cm³/mol. The molecule has 1 aliphatic heterocycles. The van der Waals surface area contributed by atoms with Gasteiger partial charge in [0, 0.05) is 24.1 Å². The van der Waals surface area contributed by atoms with Crippen LogP contribution < -0.4 is 0 Å². The molecule has 94 valence electrons. The topological polar surface area (TPSA) is 20.3 Å². The van der Waals surface area contributed by atoms with E-state index in [0.717, 1.165) is 24.8 Å². The Hall–Kier alpha value is -1.59. The highest BCUT2D eigenvalue weighted by atomic mass is 16.1. The fourth-order valence-electron chi connectivity index (χ4n) is 2.27. The second-order valence-electron chi connectivity index (χ2n) is 4.66. The molecule has 0 bridgehead atoms. The molecule has 1 heterocycles. The summed E-state index contributed by atoms with van der Waals surface area (Å²) in [6.07, 6.45) is 5.76. The maximum absolute atomic E-state index is 10.8. The molecule has 0 atom stereocenters. The Morgan fingerprint density at radius 1 is 1.17 bits per heavy atom. The highest BCUT2D eigenvalue weighted by molar-refractivity contribution is 5.79. The van der Waals surface area contributed by atoms with Crippen molar-refractivity contribution in [1.29, 1.82) is 0 Å². The Kier molecular flexibility index (Phi) is 4.99. The summed E-state index contributed by atoms with van der Waals surface area (Å²) in [5, 5.41) is 0. The van der Waals surface area contributed by atoms with E-state index in [1.54, 1.807) is 0 Å². The number of piperidine rings is 1. The van der Waals surface area contributed by atoms with Crippen molar-refractivity contribution in [2.45, 2.75) is 25.7 Å². The van der Waals surface area contributed by atoms with Crippen LogP contribution in [0.1, 0.15) is 41.6 Å². The van der Waals surface area contributed by atoms with Gasteiger partial charge in [-0.25, -0.2) is 0 Å². The highest BCUT2D eigenvalue weighted by Crippen LogP contribution is 2.08. The van der Waals surface area contributed by atoms with Gasteiger partial charge in [-0.2, -0.15) is 0 Å². The van der Waals surface area contributed by atoms with E-state index in [2.05, 4.69) is 16.7 Å². The normalized spacial score (nSPS) is 15.8. The summed E-state index contributed by atoms with van der Waals surface area (Å²) in [6, 6.07) is 7.49. The summed E-state index contributed by atoms with van der Waals surface area (Å²) in [6.45, 7) is 3.48. The zero-order valence-corrected chi connectivity index (χ0v) is 10.7. The van der Waals surface area contributed by atoms with Crippen molar-refractivity contribution >= 4 is 6.29 Å². The molecule has 1 fully saturated rings. The maximum Gasteiger partial charge on any atom is 0.151 e. The predicted octanol–water partition coefficient (Wildman–Crippen LogP) is 2.73. The van der Waals surface area contributed by atoms with Gasteiger partial charge in [0.25, 0.3) is 0 Å². The number of rotatable bonds is 3. The second-order valence-corrected chi connectivity index (χ2v) is 4.66. The van der Waals surface area contributed by atoms with Gasteiger partial charge in [0.1, 0.15) is 0 Å². The molecular weight excluding hydrogens is 222 g/mol. The molecule has 0 unspecified atom stereocenters. The fourth-order valence-corrected chi connectivity index (χ4v) is 2.27. The van der Waals surface area contributed by atoms with E-state index in [0.29, 0.717) is 5.56 Å². The first-order chi connectivity index (χ1) is 8.90. The molecule has 1 aliphatic rings. The molecule has 1 saturated heterocycles. The SMILES string of the molecule is O=Cc1ccccc1C#CCCN1CCCCC1. The van der Waals surface area contributed by atoms with E-state index in [9.17, 15) is 4.79 Å². The van der Waals surface area contributed by atoms with E-state index < -0.39 is 0 Å². The molecule has 0 radical (unpaired) electrons. The van der Waals surface area contributed by atoms with Crippen LogP contribution in [0.15, 0.2) is 24.3 Å². The molecule has 1 aromatic rings. The Morgan fingerprint density at radius 3 is 2.72 bits per heavy atom. The Bertz CT molecular complexity index is 450. The summed E-state index contributed by atoms with van der Waals surface area (Å²) in [4.78, 5) is 13.3. The van der Waals surface area contributed by atoms with Crippen molar-refractivity contribution in [2.24, 2.45) is 0 Å². The molecule has 1 aromatic carbocycles. The molecule has 2 rings (SSSR count). The summed E-state index contributed by atoms with van der Waals surface area (Å²) >= 11 is 0. The van der Waals surface area contributed by atoms with E-state index in [1.807, 2.05) is 24.3 Å². The quantitative estimate of drug-likeness (QED) is 0.599. The van der Waals surface area contributed by atoms with Crippen LogP contribution in [0.5, 0.6) is 0 Å². The van der Waals surface area contributed by atoms with E-state index in [-0.39, 0.29) is 0 Å². The van der Waals surface area contributed by atoms with E-state index in [1.165, 1.54) is 32.4 Å². The summed E-state index contributed by atoms with van der Waals surface area (Å²) in [5.41, 5.74) is 1.52. The van der Waals surface area contributed by atoms with Crippen molar-refractivity contribution in [1.82, 2.24) is 4.90 Å². The average molecular weight is 241 g/mol. The Balaban J connectivity index is 1.86. The second kappa shape index (κ2) is 6.98. The van der Waals surface area contributed by atoms with Gasteiger partial charge in [-0.1, -0.05) is 36.5 Å². The van der Waals surface area contributed by atoms with Crippen molar-refractivity contribution in [2.75, 3.05) is 19.6 Å². The zero-order chi connectivity index (χ0) is 12.6. The summed E-state index contributed by atoms with van der Waals surface area (Å²) in [7, 11) is 0. The molecule has 2 heteroatoms. The van der Waals surface area contributed by atoms with Crippen LogP contribution in [0.4, 0.5) is 0 Å². The minimum Gasteiger partial charge on any atom is -0.302 e. The van der Waals surface area contributed by atoms with Gasteiger partial charge < -0.3 is 4.90 Å². The van der Waals surface area contributed by atoms with E-state index in [4.69, 9.17) is 0 Å². The average Bonchev–Trinajstić information content (AvgIpc) is 2.45. The number of hydrogen-bond donors (Lipinski definition) is 0. The van der Waals surface area contributed by atoms with E-state index >= 15 is 0 Å².